The van der Waals surface area contributed by atoms with E-state index >= 15 is 4.79 Å². The highest BCUT2D eigenvalue weighted by Gasteiger charge is 2.79. The third kappa shape index (κ3) is 10.1. The Kier molecular flexibility index (Phi) is 15.8. The summed E-state index contributed by atoms with van der Waals surface area (Å²) in [6, 6.07) is 9.46. The second kappa shape index (κ2) is 20.2. The number of alkyl carbamates (subject to hydrolysis) is 1. The SMILES string of the molecule is C=CC1O[C@H]2C[C@H]3OC[C@@]3(OC(C)=O)[C@H]3[C@H](OC(=O)c4ccccc4)[C@]4(O)C[C@H](OC(=O)[C@H](O[Si](CC)(CC)CC)[C@H](CC(C)C)NC(=O)OC(C)(C)C)C(C)=C([C@H](OC(C)=O)[C@H](O1)[C@]23C)C4(C)C. The molecule has 384 valence electrons. The quantitative estimate of drug-likeness (QED) is 0.0700. The van der Waals surface area contributed by atoms with Crippen LogP contribution >= 0.6 is 0 Å². The molecule has 2 bridgehead atoms. The lowest BCUT2D eigenvalue weighted by Crippen LogP contribution is -2.83. The smallest absolute Gasteiger partial charge is 0.407 e. The van der Waals surface area contributed by atoms with Gasteiger partial charge in [-0.1, -0.05) is 80.2 Å². The average molecular weight is 984 g/mol. The van der Waals surface area contributed by atoms with Crippen molar-refractivity contribution in [3.05, 3.63) is 59.7 Å². The Balaban J connectivity index is 1.62. The van der Waals surface area contributed by atoms with E-state index in [-0.39, 0.29) is 30.9 Å². The number of fused-ring (bicyclic) bond motifs is 4. The molecule has 2 saturated carbocycles. The summed E-state index contributed by atoms with van der Waals surface area (Å²) >= 11 is 0. The van der Waals surface area contributed by atoms with Crippen molar-refractivity contribution in [1.82, 2.24) is 5.32 Å². The van der Waals surface area contributed by atoms with Gasteiger partial charge in [0.25, 0.3) is 0 Å². The first-order chi connectivity index (χ1) is 32.2. The van der Waals surface area contributed by atoms with Gasteiger partial charge in [0, 0.05) is 37.5 Å². The van der Waals surface area contributed by atoms with Crippen LogP contribution in [0.1, 0.15) is 127 Å². The van der Waals surface area contributed by atoms with Crippen molar-refractivity contribution in [2.75, 3.05) is 6.61 Å². The third-order valence-corrected chi connectivity index (χ3v) is 20.3. The summed E-state index contributed by atoms with van der Waals surface area (Å²) in [7, 11) is -2.65. The minimum Gasteiger partial charge on any atom is -0.456 e. The predicted octanol–water partition coefficient (Wildman–Crippen LogP) is 7.90. The maximum absolute atomic E-state index is 15.4. The molecular formula is C52H77NO15Si. The maximum atomic E-state index is 15.4. The molecule has 0 radical (unpaired) electrons. The highest BCUT2D eigenvalue weighted by Crippen LogP contribution is 2.67. The van der Waals surface area contributed by atoms with Crippen LogP contribution in [0, 0.1) is 22.7 Å². The number of carbonyl (C=O) groups is 5. The first-order valence-corrected chi connectivity index (χ1v) is 27.2. The van der Waals surface area contributed by atoms with E-state index in [2.05, 4.69) is 11.9 Å². The molecule has 13 atom stereocenters. The van der Waals surface area contributed by atoms with E-state index in [0.29, 0.717) is 35.7 Å². The minimum absolute atomic E-state index is 0.0164. The summed E-state index contributed by atoms with van der Waals surface area (Å²) in [5.41, 5.74) is -6.38. The molecule has 3 aliphatic carbocycles. The predicted molar refractivity (Wildman–Crippen MR) is 256 cm³/mol. The molecule has 16 nitrogen and oxygen atoms in total. The van der Waals surface area contributed by atoms with Crippen LogP contribution in [0.25, 0.3) is 0 Å². The summed E-state index contributed by atoms with van der Waals surface area (Å²) in [5, 5.41) is 17.2. The standard InChI is InChI=1S/C52H77NO15Si/c1-16-38-63-36-26-37-51(28-60-37,66-32(9)55)42-44(65-45(56)33-23-21-20-22-24-33)52(59)27-35(30(7)39(49(52,13)14)41(61-31(8)54)43(64-38)50(36,42)15)62-46(57)40(68-69(17-2,18-3)19-4)34(25-29(5)6)53-47(58)67-48(10,11)12/h16,20-24,29,34-38,40-44,59H,1,17-19,25-28H2,2-15H3,(H,53,58)/t34-,35-,36-,37+,38?,40+,41-,42-,43-,44-,50+,51-,52+/m0/s1. The summed E-state index contributed by atoms with van der Waals surface area (Å²) in [4.78, 5) is 70.5. The molecule has 0 aromatic heterocycles. The van der Waals surface area contributed by atoms with Crippen LogP contribution in [0.5, 0.6) is 0 Å². The second-order valence-corrected chi connectivity index (χ2v) is 26.6. The van der Waals surface area contributed by atoms with Gasteiger partial charge in [-0.3, -0.25) is 9.59 Å². The highest BCUT2D eigenvalue weighted by atomic mass is 28.4. The molecule has 17 heteroatoms. The van der Waals surface area contributed by atoms with E-state index in [4.69, 9.17) is 42.3 Å². The Morgan fingerprint density at radius 3 is 2.10 bits per heavy atom. The maximum Gasteiger partial charge on any atom is 0.407 e. The van der Waals surface area contributed by atoms with Gasteiger partial charge < -0.3 is 52.7 Å². The molecular weight excluding hydrogens is 907 g/mol. The van der Waals surface area contributed by atoms with Crippen molar-refractivity contribution < 1.29 is 71.4 Å². The van der Waals surface area contributed by atoms with Gasteiger partial charge in [-0.15, -0.1) is 0 Å². The second-order valence-electron chi connectivity index (χ2n) is 21.9. The van der Waals surface area contributed by atoms with E-state index in [1.807, 2.05) is 41.5 Å². The molecule has 2 heterocycles. The normalized spacial score (nSPS) is 33.4. The molecule has 1 amide bonds. The molecule has 5 aliphatic rings. The van der Waals surface area contributed by atoms with Crippen LogP contribution in [0.4, 0.5) is 4.79 Å². The molecule has 0 spiro atoms. The Bertz CT molecular complexity index is 2130. The number of esters is 4. The zero-order valence-corrected chi connectivity index (χ0v) is 44.1. The molecule has 1 aromatic rings. The van der Waals surface area contributed by atoms with Gasteiger partial charge in [0.05, 0.1) is 30.2 Å². The van der Waals surface area contributed by atoms with E-state index in [0.717, 1.165) is 0 Å². The molecule has 1 unspecified atom stereocenters. The van der Waals surface area contributed by atoms with Gasteiger partial charge in [0.1, 0.15) is 35.6 Å². The van der Waals surface area contributed by atoms with Gasteiger partial charge in [-0.25, -0.2) is 14.4 Å². The van der Waals surface area contributed by atoms with E-state index in [9.17, 15) is 24.3 Å². The van der Waals surface area contributed by atoms with Crippen LogP contribution in [0.2, 0.25) is 18.1 Å². The fourth-order valence-corrected chi connectivity index (χ4v) is 14.9. The Morgan fingerprint density at radius 2 is 1.58 bits per heavy atom. The monoisotopic (exact) mass is 984 g/mol. The zero-order chi connectivity index (χ0) is 51.2. The molecule has 2 aliphatic heterocycles. The number of hydrogen-bond acceptors (Lipinski definition) is 15. The van der Waals surface area contributed by atoms with Gasteiger partial charge in [-0.2, -0.15) is 0 Å². The lowest BCUT2D eigenvalue weighted by atomic mass is 9.44. The number of amides is 1. The van der Waals surface area contributed by atoms with Crippen molar-refractivity contribution >= 4 is 38.3 Å². The lowest BCUT2D eigenvalue weighted by Gasteiger charge is -2.71. The summed E-state index contributed by atoms with van der Waals surface area (Å²) in [6.07, 6.45) is -8.20. The van der Waals surface area contributed by atoms with Crippen LogP contribution in [0.3, 0.4) is 0 Å². The largest absolute Gasteiger partial charge is 0.456 e. The van der Waals surface area contributed by atoms with Gasteiger partial charge in [0.15, 0.2) is 32.4 Å². The molecule has 6 rings (SSSR count). The van der Waals surface area contributed by atoms with E-state index in [1.54, 1.807) is 71.9 Å². The molecule has 1 aromatic carbocycles. The van der Waals surface area contributed by atoms with Crippen molar-refractivity contribution in [2.45, 2.75) is 206 Å². The van der Waals surface area contributed by atoms with Crippen LogP contribution in [-0.2, 0) is 56.7 Å². The number of rotatable bonds is 16. The minimum atomic E-state index is -2.65. The van der Waals surface area contributed by atoms with Gasteiger partial charge >= 0.3 is 30.0 Å². The Labute approximate surface area is 408 Å². The lowest BCUT2D eigenvalue weighted by molar-refractivity contribution is -0.405. The van der Waals surface area contributed by atoms with Gasteiger partial charge in [0.2, 0.25) is 0 Å². The third-order valence-electron chi connectivity index (χ3n) is 15.7. The number of nitrogens with one attached hydrogen (secondary N) is 1. The Morgan fingerprint density at radius 1 is 0.942 bits per heavy atom. The number of aliphatic hydroxyl groups is 1. The molecule has 2 saturated heterocycles. The summed E-state index contributed by atoms with van der Waals surface area (Å²) in [6.45, 7) is 28.9. The van der Waals surface area contributed by atoms with Crippen molar-refractivity contribution in [2.24, 2.45) is 22.7 Å². The number of carbonyl (C=O) groups excluding carboxylic acids is 5. The van der Waals surface area contributed by atoms with E-state index in [1.165, 1.54) is 19.9 Å². The molecule has 2 N–H and O–H groups in total. The highest BCUT2D eigenvalue weighted by molar-refractivity contribution is 6.73. The number of benzene rings is 1. The number of hydrogen-bond donors (Lipinski definition) is 2. The topological polar surface area (TPSA) is 201 Å². The van der Waals surface area contributed by atoms with E-state index < -0.39 is 127 Å². The van der Waals surface area contributed by atoms with Crippen molar-refractivity contribution in [1.29, 1.82) is 0 Å². The fraction of sp³-hybridized carbons (Fsp3) is 0.712. The summed E-state index contributed by atoms with van der Waals surface area (Å²) < 4.78 is 58.7. The first kappa shape index (κ1) is 54.2. The van der Waals surface area contributed by atoms with Crippen LogP contribution in [0.15, 0.2) is 54.1 Å². The summed E-state index contributed by atoms with van der Waals surface area (Å²) in [5.74, 6) is -4.06. The van der Waals surface area contributed by atoms with Gasteiger partial charge in [-0.05, 0) is 87.5 Å². The number of ether oxygens (including phenoxy) is 8. The van der Waals surface area contributed by atoms with Crippen LogP contribution in [-0.4, -0.2) is 122 Å². The fourth-order valence-electron chi connectivity index (χ4n) is 12.1. The van der Waals surface area contributed by atoms with Crippen molar-refractivity contribution in [3.63, 3.8) is 0 Å². The Hall–Kier alpha value is -4.13. The molecule has 4 fully saturated rings. The average Bonchev–Trinajstić information content (AvgIpc) is 3.25. The van der Waals surface area contributed by atoms with Crippen LogP contribution < -0.4 is 5.32 Å². The molecule has 69 heavy (non-hydrogen) atoms. The zero-order valence-electron chi connectivity index (χ0n) is 43.1. The first-order valence-electron chi connectivity index (χ1n) is 24.7. The van der Waals surface area contributed by atoms with Crippen molar-refractivity contribution in [3.8, 4) is 0 Å².